The van der Waals surface area contributed by atoms with Crippen molar-refractivity contribution >= 4 is 42.1 Å². The Morgan fingerprint density at radius 1 is 0.792 bits per heavy atom. The van der Waals surface area contributed by atoms with Gasteiger partial charge in [-0.15, -0.1) is 0 Å². The smallest absolute Gasteiger partial charge is 0.341 e. The van der Waals surface area contributed by atoms with Gasteiger partial charge in [0.1, 0.15) is 36.6 Å². The Bertz CT molecular complexity index is 1720. The van der Waals surface area contributed by atoms with Crippen molar-refractivity contribution in [1.29, 1.82) is 0 Å². The Morgan fingerprint density at radius 2 is 1.36 bits per heavy atom. The van der Waals surface area contributed by atoms with E-state index in [1.54, 1.807) is 20.8 Å². The van der Waals surface area contributed by atoms with Crippen LogP contribution in [0.1, 0.15) is 68.7 Å². The van der Waals surface area contributed by atoms with Crippen molar-refractivity contribution < 1.29 is 76.6 Å². The standard InChI is InChI=1S/C37H46O16/c1-12-20-23(35(8)36(9,45)32(44)53-37(35)29(12)52-37)27(47-13(2)39)21-19-22(28(48-14(3)40)31(34(20,21)7)50-16(5)42)33(6)17(24(43)26(19)46-11-38)10-18-25(51-18)30(33)49-15(4)41/h11-12,17-23,25-31,45H,10H2,1-9H3/t12-,17+,18-,19-,20-,21+,22+,23-,25-,26?,27+,28-,29+,30-,31-,33-,34+,35-,36+,37-/m0/s1. The minimum Gasteiger partial charge on any atom is -0.462 e. The lowest BCUT2D eigenvalue weighted by molar-refractivity contribution is -0.274. The molecule has 0 aromatic rings. The van der Waals surface area contributed by atoms with Gasteiger partial charge in [-0.3, -0.25) is 28.8 Å². The summed E-state index contributed by atoms with van der Waals surface area (Å²) >= 11 is 0. The Hall–Kier alpha value is -3.63. The van der Waals surface area contributed by atoms with Gasteiger partial charge in [0.05, 0.1) is 11.5 Å². The topological polar surface area (TPSA) is 220 Å². The van der Waals surface area contributed by atoms with Crippen LogP contribution in [-0.2, 0) is 71.5 Å². The molecule has 3 heterocycles. The van der Waals surface area contributed by atoms with Crippen molar-refractivity contribution in [2.24, 2.45) is 57.7 Å². The van der Waals surface area contributed by atoms with Gasteiger partial charge in [0, 0.05) is 68.1 Å². The maximum atomic E-state index is 14.9. The number of hydrogen-bond donors (Lipinski definition) is 1. The van der Waals surface area contributed by atoms with Gasteiger partial charge < -0.3 is 43.0 Å². The molecule has 1 unspecified atom stereocenters. The van der Waals surface area contributed by atoms with E-state index in [4.69, 9.17) is 37.9 Å². The molecule has 16 heteroatoms. The third-order valence-electron chi connectivity index (χ3n) is 15.2. The van der Waals surface area contributed by atoms with Crippen LogP contribution in [0.4, 0.5) is 0 Å². The molecule has 3 aliphatic heterocycles. The lowest BCUT2D eigenvalue weighted by atomic mass is 9.41. The number of ketones is 1. The lowest BCUT2D eigenvalue weighted by Crippen LogP contribution is -2.75. The molecule has 0 radical (unpaired) electrons. The van der Waals surface area contributed by atoms with Crippen LogP contribution >= 0.6 is 0 Å². The molecule has 0 aromatic carbocycles. The first-order valence-electron chi connectivity index (χ1n) is 18.3. The normalized spacial score (nSPS) is 54.8. The van der Waals surface area contributed by atoms with Crippen LogP contribution in [0.5, 0.6) is 0 Å². The summed E-state index contributed by atoms with van der Waals surface area (Å²) in [5.74, 6) is -12.2. The average molecular weight is 747 g/mol. The van der Waals surface area contributed by atoms with E-state index in [1.165, 1.54) is 34.6 Å². The molecule has 8 rings (SSSR count). The summed E-state index contributed by atoms with van der Waals surface area (Å²) in [6.45, 7) is 13.4. The van der Waals surface area contributed by atoms with Crippen molar-refractivity contribution in [3.8, 4) is 0 Å². The highest BCUT2D eigenvalue weighted by Crippen LogP contribution is 2.81. The molecule has 290 valence electrons. The molecule has 53 heavy (non-hydrogen) atoms. The minimum atomic E-state index is -2.18. The van der Waals surface area contributed by atoms with Crippen LogP contribution in [0.3, 0.4) is 0 Å². The first-order valence-corrected chi connectivity index (χ1v) is 18.3. The predicted molar refractivity (Wildman–Crippen MR) is 170 cm³/mol. The fourth-order valence-corrected chi connectivity index (χ4v) is 13.4. The van der Waals surface area contributed by atoms with E-state index in [1.807, 2.05) is 6.92 Å². The highest BCUT2D eigenvalue weighted by molar-refractivity contribution is 5.89. The number of hydrogen-bond acceptors (Lipinski definition) is 16. The maximum Gasteiger partial charge on any atom is 0.341 e. The summed E-state index contributed by atoms with van der Waals surface area (Å²) in [6, 6.07) is 0. The molecule has 16 nitrogen and oxygen atoms in total. The summed E-state index contributed by atoms with van der Waals surface area (Å²) < 4.78 is 48.7. The zero-order valence-electron chi connectivity index (χ0n) is 31.0. The summed E-state index contributed by atoms with van der Waals surface area (Å²) in [6.07, 6.45) is -8.02. The minimum absolute atomic E-state index is 0.167. The molecular formula is C37H46O16. The van der Waals surface area contributed by atoms with Gasteiger partial charge in [-0.1, -0.05) is 20.8 Å². The van der Waals surface area contributed by atoms with E-state index < -0.39 is 154 Å². The van der Waals surface area contributed by atoms with Gasteiger partial charge >= 0.3 is 29.8 Å². The van der Waals surface area contributed by atoms with Gasteiger partial charge in [-0.05, 0) is 32.1 Å². The SMILES string of the molecule is CC(=O)O[C@@H]1[C@H]2[C@@H]3C(OC=O)C(=O)[C@H]4C[C@@H]5O[C@@H]5[C@H](OC(C)=O)[C@]4(C)[C@H]3[C@H](OC(C)=O)[C@H](OC(C)=O)[C@]2(C)[C@H]2[C@H](C)[C@H]3O[C@]34OC(=O)[C@@](C)(O)[C@]4(C)[C@H]12. The molecular weight excluding hydrogens is 700 g/mol. The summed E-state index contributed by atoms with van der Waals surface area (Å²) in [7, 11) is 0. The predicted octanol–water partition coefficient (Wildman–Crippen LogP) is 0.805. The molecule has 0 aromatic heterocycles. The van der Waals surface area contributed by atoms with Gasteiger partial charge in [0.2, 0.25) is 5.79 Å². The van der Waals surface area contributed by atoms with Crippen LogP contribution in [0.2, 0.25) is 0 Å². The third-order valence-corrected chi connectivity index (χ3v) is 15.2. The fraction of sp³-hybridized carbons (Fsp3) is 0.811. The van der Waals surface area contributed by atoms with Crippen LogP contribution in [0, 0.1) is 57.7 Å². The zero-order valence-corrected chi connectivity index (χ0v) is 31.0. The molecule has 8 fully saturated rings. The molecule has 5 saturated carbocycles. The number of ether oxygens (including phenoxy) is 8. The van der Waals surface area contributed by atoms with E-state index in [9.17, 15) is 38.7 Å². The molecule has 8 aliphatic rings. The monoisotopic (exact) mass is 746 g/mol. The van der Waals surface area contributed by atoms with Gasteiger partial charge in [0.25, 0.3) is 6.47 Å². The Labute approximate surface area is 305 Å². The van der Waals surface area contributed by atoms with Crippen molar-refractivity contribution in [1.82, 2.24) is 0 Å². The van der Waals surface area contributed by atoms with Gasteiger partial charge in [-0.25, -0.2) is 4.79 Å². The Balaban J connectivity index is 1.44. The van der Waals surface area contributed by atoms with Crippen molar-refractivity contribution in [3.05, 3.63) is 0 Å². The number of esters is 5. The van der Waals surface area contributed by atoms with E-state index in [0.717, 1.165) is 0 Å². The second-order valence-corrected chi connectivity index (χ2v) is 17.3. The fourth-order valence-electron chi connectivity index (χ4n) is 13.4. The quantitative estimate of drug-likeness (QED) is 0.172. The molecule has 1 N–H and O–H groups in total. The zero-order chi connectivity index (χ0) is 38.7. The van der Waals surface area contributed by atoms with Gasteiger partial charge in [-0.2, -0.15) is 0 Å². The molecule has 1 spiro atoms. The van der Waals surface area contributed by atoms with E-state index in [0.29, 0.717) is 0 Å². The first kappa shape index (κ1) is 36.4. The Kier molecular flexibility index (Phi) is 7.54. The van der Waals surface area contributed by atoms with E-state index in [-0.39, 0.29) is 12.9 Å². The number of fused-ring (bicyclic) bond motifs is 9. The summed E-state index contributed by atoms with van der Waals surface area (Å²) in [5.41, 5.74) is -6.53. The molecule has 20 atom stereocenters. The Morgan fingerprint density at radius 3 is 1.94 bits per heavy atom. The van der Waals surface area contributed by atoms with Crippen molar-refractivity contribution in [3.63, 3.8) is 0 Å². The highest BCUT2D eigenvalue weighted by Gasteiger charge is 2.93. The largest absolute Gasteiger partial charge is 0.462 e. The highest BCUT2D eigenvalue weighted by atomic mass is 16.8. The third kappa shape index (κ3) is 4.20. The number of carbonyl (C=O) groups is 7. The number of Topliss-reactive ketones (excluding diaryl/α,β-unsaturated/α-hetero) is 1. The van der Waals surface area contributed by atoms with Crippen LogP contribution in [0.15, 0.2) is 0 Å². The summed E-state index contributed by atoms with van der Waals surface area (Å²) in [5, 5.41) is 12.1. The average Bonchev–Trinajstić information content (AvgIpc) is 3.95. The van der Waals surface area contributed by atoms with E-state index in [2.05, 4.69) is 0 Å². The molecule has 0 amide bonds. The second kappa shape index (κ2) is 11.0. The van der Waals surface area contributed by atoms with E-state index >= 15 is 0 Å². The molecule has 5 aliphatic carbocycles. The van der Waals surface area contributed by atoms with Crippen LogP contribution < -0.4 is 0 Å². The maximum absolute atomic E-state index is 14.9. The number of rotatable bonds is 6. The van der Waals surface area contributed by atoms with Crippen LogP contribution in [-0.4, -0.2) is 107 Å². The summed E-state index contributed by atoms with van der Waals surface area (Å²) in [4.78, 5) is 93.3. The molecule has 0 bridgehead atoms. The van der Waals surface area contributed by atoms with Crippen LogP contribution in [0.25, 0.3) is 0 Å². The van der Waals surface area contributed by atoms with Crippen molar-refractivity contribution in [2.75, 3.05) is 0 Å². The van der Waals surface area contributed by atoms with Gasteiger partial charge in [0.15, 0.2) is 17.5 Å². The number of aliphatic hydroxyl groups is 1. The second-order valence-electron chi connectivity index (χ2n) is 17.3. The first-order chi connectivity index (χ1) is 24.7. The number of epoxide rings is 2. The number of carbonyl (C=O) groups excluding carboxylic acids is 7. The lowest BCUT2D eigenvalue weighted by Gasteiger charge is -2.65. The van der Waals surface area contributed by atoms with Crippen molar-refractivity contribution in [2.45, 2.75) is 129 Å². The molecule has 3 saturated heterocycles.